The van der Waals surface area contributed by atoms with Gasteiger partial charge >= 0.3 is 0 Å². The van der Waals surface area contributed by atoms with Crippen molar-refractivity contribution >= 4 is 0 Å². The lowest BCUT2D eigenvalue weighted by molar-refractivity contribution is 0.285. The molecule has 3 heteroatoms. The number of unbranched alkanes of at least 4 members (excludes halogenated alkanes) is 2. The molecule has 1 N–H and O–H groups in total. The highest BCUT2D eigenvalue weighted by Crippen LogP contribution is 2.28. The molecule has 1 aromatic carbocycles. The highest BCUT2D eigenvalue weighted by atomic mass is 16.5. The Bertz CT molecular complexity index is 410. The predicted octanol–water partition coefficient (Wildman–Crippen LogP) is 4.40. The first kappa shape index (κ1) is 17.8. The number of nitrogens with one attached hydrogen (secondary N) is 1. The van der Waals surface area contributed by atoms with Crippen molar-refractivity contribution in [3.8, 4) is 11.5 Å². The van der Waals surface area contributed by atoms with Crippen LogP contribution in [-0.4, -0.2) is 20.3 Å². The third-order valence-corrected chi connectivity index (χ3v) is 3.22. The fraction of sp³-hybridized carbons (Fsp3) is 0.667. The van der Waals surface area contributed by atoms with Crippen LogP contribution in [0.1, 0.15) is 52.5 Å². The summed E-state index contributed by atoms with van der Waals surface area (Å²) in [7, 11) is 1.70. The van der Waals surface area contributed by atoms with E-state index in [0.717, 1.165) is 37.6 Å². The highest BCUT2D eigenvalue weighted by Gasteiger charge is 2.10. The van der Waals surface area contributed by atoms with E-state index in [1.54, 1.807) is 7.11 Å². The summed E-state index contributed by atoms with van der Waals surface area (Å²) in [4.78, 5) is 0. The summed E-state index contributed by atoms with van der Waals surface area (Å²) in [6.45, 7) is 11.5. The Labute approximate surface area is 130 Å². The fourth-order valence-electron chi connectivity index (χ4n) is 2.06. The van der Waals surface area contributed by atoms with Crippen LogP contribution in [0.2, 0.25) is 0 Å². The van der Waals surface area contributed by atoms with Crippen molar-refractivity contribution in [1.29, 1.82) is 0 Å². The minimum Gasteiger partial charge on any atom is -0.493 e. The standard InChI is InChI=1S/C18H31NO2/c1-6-7-8-11-21-16-10-9-15(12-17(16)20-5)13-19-14-18(2,3)4/h9-10,12,19H,6-8,11,13-14H2,1-5H3. The van der Waals surface area contributed by atoms with E-state index in [9.17, 15) is 0 Å². The van der Waals surface area contributed by atoms with Crippen molar-refractivity contribution in [2.75, 3.05) is 20.3 Å². The maximum Gasteiger partial charge on any atom is 0.161 e. The van der Waals surface area contributed by atoms with Crippen LogP contribution in [0.15, 0.2) is 18.2 Å². The minimum absolute atomic E-state index is 0.298. The summed E-state index contributed by atoms with van der Waals surface area (Å²) < 4.78 is 11.2. The molecular weight excluding hydrogens is 262 g/mol. The number of benzene rings is 1. The molecule has 0 unspecified atom stereocenters. The molecule has 0 amide bonds. The van der Waals surface area contributed by atoms with E-state index in [4.69, 9.17) is 9.47 Å². The van der Waals surface area contributed by atoms with Gasteiger partial charge in [0.2, 0.25) is 0 Å². The van der Waals surface area contributed by atoms with E-state index in [-0.39, 0.29) is 0 Å². The summed E-state index contributed by atoms with van der Waals surface area (Å²) in [6, 6.07) is 6.18. The molecule has 0 atom stereocenters. The molecule has 3 nitrogen and oxygen atoms in total. The van der Waals surface area contributed by atoms with Crippen LogP contribution in [0.4, 0.5) is 0 Å². The van der Waals surface area contributed by atoms with Gasteiger partial charge in [0.25, 0.3) is 0 Å². The number of methoxy groups -OCH3 is 1. The Morgan fingerprint density at radius 2 is 1.86 bits per heavy atom. The zero-order valence-electron chi connectivity index (χ0n) is 14.3. The first-order valence-electron chi connectivity index (χ1n) is 7.96. The topological polar surface area (TPSA) is 30.5 Å². The lowest BCUT2D eigenvalue weighted by atomic mass is 9.97. The molecule has 1 aromatic rings. The second kappa shape index (κ2) is 8.93. The second-order valence-electron chi connectivity index (χ2n) is 6.70. The van der Waals surface area contributed by atoms with Gasteiger partial charge in [0.15, 0.2) is 11.5 Å². The molecule has 0 spiro atoms. The summed E-state index contributed by atoms with van der Waals surface area (Å²) in [5, 5.41) is 3.48. The van der Waals surface area contributed by atoms with Gasteiger partial charge in [-0.2, -0.15) is 0 Å². The molecule has 0 fully saturated rings. The first-order chi connectivity index (χ1) is 9.96. The smallest absolute Gasteiger partial charge is 0.161 e. The summed E-state index contributed by atoms with van der Waals surface area (Å²) >= 11 is 0. The molecule has 21 heavy (non-hydrogen) atoms. The van der Waals surface area contributed by atoms with Gasteiger partial charge in [0.05, 0.1) is 13.7 Å². The van der Waals surface area contributed by atoms with Crippen molar-refractivity contribution in [3.05, 3.63) is 23.8 Å². The Balaban J connectivity index is 2.53. The van der Waals surface area contributed by atoms with Crippen LogP contribution in [0.3, 0.4) is 0 Å². The third-order valence-electron chi connectivity index (χ3n) is 3.22. The maximum atomic E-state index is 5.80. The first-order valence-corrected chi connectivity index (χ1v) is 7.96. The normalized spacial score (nSPS) is 11.5. The van der Waals surface area contributed by atoms with Crippen LogP contribution >= 0.6 is 0 Å². The van der Waals surface area contributed by atoms with Gasteiger partial charge < -0.3 is 14.8 Å². The van der Waals surface area contributed by atoms with Gasteiger partial charge in [0, 0.05) is 13.1 Å². The largest absolute Gasteiger partial charge is 0.493 e. The van der Waals surface area contributed by atoms with Crippen LogP contribution in [0, 0.1) is 5.41 Å². The average molecular weight is 293 g/mol. The third kappa shape index (κ3) is 7.37. The number of rotatable bonds is 9. The quantitative estimate of drug-likeness (QED) is 0.685. The molecular formula is C18H31NO2. The summed E-state index contributed by atoms with van der Waals surface area (Å²) in [5.74, 6) is 1.66. The molecule has 0 heterocycles. The minimum atomic E-state index is 0.298. The number of hydrogen-bond donors (Lipinski definition) is 1. The van der Waals surface area contributed by atoms with Crippen LogP contribution in [0.25, 0.3) is 0 Å². The van der Waals surface area contributed by atoms with Crippen molar-refractivity contribution < 1.29 is 9.47 Å². The van der Waals surface area contributed by atoms with E-state index < -0.39 is 0 Å². The number of ether oxygens (including phenoxy) is 2. The Kier molecular flexibility index (Phi) is 7.58. The molecule has 0 saturated carbocycles. The SMILES string of the molecule is CCCCCOc1ccc(CNCC(C)(C)C)cc1OC. The van der Waals surface area contributed by atoms with Crippen LogP contribution < -0.4 is 14.8 Å². The van der Waals surface area contributed by atoms with Gasteiger partial charge in [0.1, 0.15) is 0 Å². The molecule has 0 aliphatic carbocycles. The van der Waals surface area contributed by atoms with E-state index in [1.807, 2.05) is 6.07 Å². The van der Waals surface area contributed by atoms with Crippen molar-refractivity contribution in [2.45, 2.75) is 53.5 Å². The number of hydrogen-bond acceptors (Lipinski definition) is 3. The van der Waals surface area contributed by atoms with E-state index >= 15 is 0 Å². The van der Waals surface area contributed by atoms with Crippen LogP contribution in [-0.2, 0) is 6.54 Å². The average Bonchev–Trinajstić information content (AvgIpc) is 2.43. The van der Waals surface area contributed by atoms with Gasteiger partial charge in [-0.15, -0.1) is 0 Å². The van der Waals surface area contributed by atoms with Gasteiger partial charge in [-0.1, -0.05) is 46.6 Å². The zero-order chi connectivity index (χ0) is 15.7. The molecule has 0 radical (unpaired) electrons. The molecule has 0 aromatic heterocycles. The van der Waals surface area contributed by atoms with Crippen LogP contribution in [0.5, 0.6) is 11.5 Å². The molecule has 0 aliphatic heterocycles. The Hall–Kier alpha value is -1.22. The van der Waals surface area contributed by atoms with Gasteiger partial charge in [-0.3, -0.25) is 0 Å². The van der Waals surface area contributed by atoms with Gasteiger partial charge in [-0.25, -0.2) is 0 Å². The second-order valence-corrected chi connectivity index (χ2v) is 6.70. The monoisotopic (exact) mass is 293 g/mol. The van der Waals surface area contributed by atoms with Gasteiger partial charge in [-0.05, 0) is 29.5 Å². The summed E-state index contributed by atoms with van der Waals surface area (Å²) in [6.07, 6.45) is 3.50. The fourth-order valence-corrected chi connectivity index (χ4v) is 2.06. The highest BCUT2D eigenvalue weighted by molar-refractivity contribution is 5.42. The lowest BCUT2D eigenvalue weighted by Gasteiger charge is -2.19. The van der Waals surface area contributed by atoms with E-state index in [0.29, 0.717) is 5.41 Å². The lowest BCUT2D eigenvalue weighted by Crippen LogP contribution is -2.26. The molecule has 0 aliphatic rings. The molecule has 1 rings (SSSR count). The Morgan fingerprint density at radius 1 is 1.10 bits per heavy atom. The van der Waals surface area contributed by atoms with E-state index in [1.165, 1.54) is 18.4 Å². The Morgan fingerprint density at radius 3 is 2.48 bits per heavy atom. The molecule has 0 bridgehead atoms. The van der Waals surface area contributed by atoms with Crippen molar-refractivity contribution in [2.24, 2.45) is 5.41 Å². The predicted molar refractivity (Wildman–Crippen MR) is 89.2 cm³/mol. The zero-order valence-corrected chi connectivity index (χ0v) is 14.3. The molecule has 120 valence electrons. The van der Waals surface area contributed by atoms with Crippen molar-refractivity contribution in [3.63, 3.8) is 0 Å². The maximum absolute atomic E-state index is 5.80. The summed E-state index contributed by atoms with van der Waals surface area (Å²) in [5.41, 5.74) is 1.52. The molecule has 0 saturated heterocycles. The van der Waals surface area contributed by atoms with E-state index in [2.05, 4.69) is 45.1 Å². The van der Waals surface area contributed by atoms with Crippen molar-refractivity contribution in [1.82, 2.24) is 5.32 Å².